The lowest BCUT2D eigenvalue weighted by Gasteiger charge is -2.15. The van der Waals surface area contributed by atoms with E-state index in [9.17, 15) is 8.42 Å². The highest BCUT2D eigenvalue weighted by Crippen LogP contribution is 2.34. The molecular weight excluding hydrogens is 304 g/mol. The molecule has 2 fully saturated rings. The average Bonchev–Trinajstić information content (AvgIpc) is 3.28. The Kier molecular flexibility index (Phi) is 4.41. The molecule has 1 atom stereocenters. The molecule has 6 heteroatoms. The summed E-state index contributed by atoms with van der Waals surface area (Å²) in [6, 6.07) is 0.607. The molecule has 0 radical (unpaired) electrons. The van der Waals surface area contributed by atoms with E-state index in [1.165, 1.54) is 25.7 Å². The van der Waals surface area contributed by atoms with Gasteiger partial charge in [0.05, 0.1) is 0 Å². The fourth-order valence-electron chi connectivity index (χ4n) is 2.72. The number of hydrogen-bond donors (Lipinski definition) is 2. The summed E-state index contributed by atoms with van der Waals surface area (Å²) in [7, 11) is -3.40. The van der Waals surface area contributed by atoms with Gasteiger partial charge in [-0.15, -0.1) is 11.3 Å². The largest absolute Gasteiger partial charge is 0.309 e. The van der Waals surface area contributed by atoms with Crippen molar-refractivity contribution in [1.82, 2.24) is 10.0 Å². The van der Waals surface area contributed by atoms with Crippen molar-refractivity contribution < 1.29 is 8.42 Å². The summed E-state index contributed by atoms with van der Waals surface area (Å²) < 4.78 is 28.2. The zero-order valence-corrected chi connectivity index (χ0v) is 14.3. The molecule has 0 bridgehead atoms. The standard InChI is InChI=1S/C15H24N2O2S2/c1-10-9-20-14(8-16-13-5-6-13)15(10)21(18,19)17-11(2)7-12-3-4-12/h9,11-13,16-17H,3-8H2,1-2H3. The van der Waals surface area contributed by atoms with Crippen LogP contribution in [0.25, 0.3) is 0 Å². The van der Waals surface area contributed by atoms with Gasteiger partial charge in [0.15, 0.2) is 0 Å². The summed E-state index contributed by atoms with van der Waals surface area (Å²) in [5, 5.41) is 5.36. The van der Waals surface area contributed by atoms with Crippen molar-refractivity contribution in [2.75, 3.05) is 0 Å². The second-order valence-corrected chi connectivity index (χ2v) is 9.14. The molecule has 4 nitrogen and oxygen atoms in total. The molecule has 2 aliphatic carbocycles. The molecule has 2 aliphatic rings. The highest BCUT2D eigenvalue weighted by atomic mass is 32.2. The maximum absolute atomic E-state index is 12.7. The normalized spacial score (nSPS) is 20.7. The van der Waals surface area contributed by atoms with E-state index >= 15 is 0 Å². The van der Waals surface area contributed by atoms with E-state index in [1.807, 2.05) is 19.2 Å². The lowest BCUT2D eigenvalue weighted by Crippen LogP contribution is -2.33. The van der Waals surface area contributed by atoms with E-state index < -0.39 is 10.0 Å². The molecule has 1 heterocycles. The highest BCUT2D eigenvalue weighted by Gasteiger charge is 2.29. The van der Waals surface area contributed by atoms with E-state index in [0.29, 0.717) is 17.5 Å². The van der Waals surface area contributed by atoms with E-state index in [1.54, 1.807) is 11.3 Å². The zero-order chi connectivity index (χ0) is 15.0. The molecule has 21 heavy (non-hydrogen) atoms. The smallest absolute Gasteiger partial charge is 0.242 e. The van der Waals surface area contributed by atoms with Gasteiger partial charge in [-0.25, -0.2) is 13.1 Å². The van der Waals surface area contributed by atoms with Crippen LogP contribution in [0.4, 0.5) is 0 Å². The Hall–Kier alpha value is -0.430. The molecule has 0 amide bonds. The Morgan fingerprint density at radius 2 is 2.05 bits per heavy atom. The summed E-state index contributed by atoms with van der Waals surface area (Å²) in [6.45, 7) is 4.52. The predicted octanol–water partition coefficient (Wildman–Crippen LogP) is 2.78. The van der Waals surface area contributed by atoms with Gasteiger partial charge in [-0.2, -0.15) is 0 Å². The fraction of sp³-hybridized carbons (Fsp3) is 0.733. The SMILES string of the molecule is Cc1csc(CNC2CC2)c1S(=O)(=O)NC(C)CC1CC1. The summed E-state index contributed by atoms with van der Waals surface area (Å²) in [6.07, 6.45) is 5.88. The third-order valence-corrected chi connectivity index (χ3v) is 7.18. The van der Waals surface area contributed by atoms with Gasteiger partial charge < -0.3 is 5.32 Å². The number of sulfonamides is 1. The molecule has 0 spiro atoms. The predicted molar refractivity (Wildman–Crippen MR) is 86.0 cm³/mol. The quantitative estimate of drug-likeness (QED) is 0.771. The Balaban J connectivity index is 1.71. The van der Waals surface area contributed by atoms with Crippen molar-refractivity contribution in [1.29, 1.82) is 0 Å². The maximum atomic E-state index is 12.7. The van der Waals surface area contributed by atoms with Crippen LogP contribution in [0.1, 0.15) is 49.5 Å². The first-order valence-corrected chi connectivity index (χ1v) is 10.1. The van der Waals surface area contributed by atoms with E-state index in [4.69, 9.17) is 0 Å². The lowest BCUT2D eigenvalue weighted by atomic mass is 10.2. The van der Waals surface area contributed by atoms with E-state index in [-0.39, 0.29) is 6.04 Å². The minimum atomic E-state index is -3.40. The summed E-state index contributed by atoms with van der Waals surface area (Å²) in [5.74, 6) is 0.724. The lowest BCUT2D eigenvalue weighted by molar-refractivity contribution is 0.528. The summed E-state index contributed by atoms with van der Waals surface area (Å²) in [4.78, 5) is 1.44. The van der Waals surface area contributed by atoms with Gasteiger partial charge in [-0.05, 0) is 50.0 Å². The van der Waals surface area contributed by atoms with Crippen LogP contribution in [-0.2, 0) is 16.6 Å². The second kappa shape index (κ2) is 5.99. The first kappa shape index (κ1) is 15.5. The maximum Gasteiger partial charge on any atom is 0.242 e. The number of hydrogen-bond acceptors (Lipinski definition) is 4. The Morgan fingerprint density at radius 3 is 2.67 bits per heavy atom. The molecule has 118 valence electrons. The van der Waals surface area contributed by atoms with Crippen LogP contribution in [0.3, 0.4) is 0 Å². The van der Waals surface area contributed by atoms with Gasteiger partial charge in [0.1, 0.15) is 4.90 Å². The Bertz CT molecular complexity index is 601. The second-order valence-electron chi connectivity index (χ2n) is 6.53. The average molecular weight is 329 g/mol. The number of thiophene rings is 1. The number of nitrogens with one attached hydrogen (secondary N) is 2. The third kappa shape index (κ3) is 4.06. The summed E-state index contributed by atoms with van der Waals surface area (Å²) >= 11 is 1.54. The fourth-order valence-corrected chi connectivity index (χ4v) is 5.74. The van der Waals surface area contributed by atoms with Crippen molar-refractivity contribution >= 4 is 21.4 Å². The third-order valence-electron chi connectivity index (χ3n) is 4.13. The van der Waals surface area contributed by atoms with Gasteiger partial charge >= 0.3 is 0 Å². The molecule has 0 aliphatic heterocycles. The van der Waals surface area contributed by atoms with Crippen LogP contribution in [0, 0.1) is 12.8 Å². The molecule has 2 N–H and O–H groups in total. The van der Waals surface area contributed by atoms with Gasteiger partial charge in [-0.3, -0.25) is 0 Å². The monoisotopic (exact) mass is 328 g/mol. The van der Waals surface area contributed by atoms with Crippen molar-refractivity contribution in [2.45, 2.75) is 69.5 Å². The van der Waals surface area contributed by atoms with Crippen molar-refractivity contribution in [2.24, 2.45) is 5.92 Å². The van der Waals surface area contributed by atoms with Crippen LogP contribution in [0.2, 0.25) is 0 Å². The minimum absolute atomic E-state index is 0.0195. The van der Waals surface area contributed by atoms with Gasteiger partial charge in [-0.1, -0.05) is 12.8 Å². The molecule has 1 unspecified atom stereocenters. The van der Waals surface area contributed by atoms with Crippen molar-refractivity contribution in [3.8, 4) is 0 Å². The minimum Gasteiger partial charge on any atom is -0.309 e. The highest BCUT2D eigenvalue weighted by molar-refractivity contribution is 7.89. The molecule has 1 aromatic heterocycles. The zero-order valence-electron chi connectivity index (χ0n) is 12.7. The van der Waals surface area contributed by atoms with Crippen molar-refractivity contribution in [3.63, 3.8) is 0 Å². The Labute approximate surface area is 131 Å². The molecule has 2 saturated carbocycles. The summed E-state index contributed by atoms with van der Waals surface area (Å²) in [5.41, 5.74) is 0.860. The Morgan fingerprint density at radius 1 is 1.33 bits per heavy atom. The van der Waals surface area contributed by atoms with Crippen LogP contribution >= 0.6 is 11.3 Å². The molecule has 3 rings (SSSR count). The van der Waals surface area contributed by atoms with Gasteiger partial charge in [0, 0.05) is 23.5 Å². The topological polar surface area (TPSA) is 58.2 Å². The van der Waals surface area contributed by atoms with Crippen molar-refractivity contribution in [3.05, 3.63) is 15.8 Å². The molecular formula is C15H24N2O2S2. The molecule has 1 aromatic rings. The van der Waals surface area contributed by atoms with Crippen LogP contribution in [0.15, 0.2) is 10.3 Å². The first-order valence-electron chi connectivity index (χ1n) is 7.78. The van der Waals surface area contributed by atoms with Gasteiger partial charge in [0.25, 0.3) is 0 Å². The molecule has 0 aromatic carbocycles. The van der Waals surface area contributed by atoms with Gasteiger partial charge in [0.2, 0.25) is 10.0 Å². The first-order chi connectivity index (χ1) is 9.95. The van der Waals surface area contributed by atoms with E-state index in [0.717, 1.165) is 22.8 Å². The number of aryl methyl sites for hydroxylation is 1. The van der Waals surface area contributed by atoms with Crippen LogP contribution in [-0.4, -0.2) is 20.5 Å². The molecule has 0 saturated heterocycles. The van der Waals surface area contributed by atoms with E-state index in [2.05, 4.69) is 10.0 Å². The number of rotatable bonds is 8. The van der Waals surface area contributed by atoms with Crippen LogP contribution in [0.5, 0.6) is 0 Å². The van der Waals surface area contributed by atoms with Crippen LogP contribution < -0.4 is 10.0 Å².